The Morgan fingerprint density at radius 2 is 2.07 bits per heavy atom. The first kappa shape index (κ1) is 18.3. The molecule has 2 N–H and O–H groups in total. The molecule has 138 valence electrons. The van der Waals surface area contributed by atoms with E-state index in [-0.39, 0.29) is 18.2 Å². The predicted octanol–water partition coefficient (Wildman–Crippen LogP) is 2.08. The van der Waals surface area contributed by atoms with Crippen molar-refractivity contribution in [3.63, 3.8) is 0 Å². The Morgan fingerprint density at radius 1 is 1.26 bits per heavy atom. The van der Waals surface area contributed by atoms with Crippen molar-refractivity contribution in [1.29, 1.82) is 0 Å². The van der Waals surface area contributed by atoms with E-state index in [1.807, 2.05) is 0 Å². The lowest BCUT2D eigenvalue weighted by Crippen LogP contribution is -2.19. The number of anilines is 1. The number of nitrogens with one attached hydrogen (secondary N) is 2. The van der Waals surface area contributed by atoms with E-state index in [1.165, 1.54) is 12.5 Å². The smallest absolute Gasteiger partial charge is 0.257 e. The number of carbonyl (C=O) groups excluding carboxylic acids is 2. The molecule has 2 aromatic heterocycles. The molecule has 10 heteroatoms. The topological polar surface area (TPSA) is 119 Å². The van der Waals surface area contributed by atoms with Gasteiger partial charge < -0.3 is 9.15 Å². The standard InChI is InChI=1S/C17H15N5O4S/c1-25-12-6-4-11(5-7-12)16(24)19-17-22-21-15(27-17)9-14(23)20-18-10-13-3-2-8-26-13/h2-8,10H,9H2,1H3,(H,20,23)(H,19,22,24)/b18-10+. The second-order valence-corrected chi connectivity index (χ2v) is 6.23. The van der Waals surface area contributed by atoms with E-state index < -0.39 is 0 Å². The SMILES string of the molecule is COc1ccc(C(=O)Nc2nnc(CC(=O)N/N=C/c3ccco3)s2)cc1. The first-order valence-corrected chi connectivity index (χ1v) is 8.59. The lowest BCUT2D eigenvalue weighted by Gasteiger charge is -2.02. The zero-order valence-electron chi connectivity index (χ0n) is 14.2. The third kappa shape index (κ3) is 5.22. The molecule has 1 aromatic carbocycles. The zero-order chi connectivity index (χ0) is 19.1. The van der Waals surface area contributed by atoms with Crippen LogP contribution in [0.3, 0.4) is 0 Å². The maximum Gasteiger partial charge on any atom is 0.257 e. The lowest BCUT2D eigenvalue weighted by atomic mass is 10.2. The van der Waals surface area contributed by atoms with Crippen molar-refractivity contribution in [2.24, 2.45) is 5.10 Å². The van der Waals surface area contributed by atoms with Gasteiger partial charge in [0.05, 0.1) is 26.0 Å². The summed E-state index contributed by atoms with van der Waals surface area (Å²) >= 11 is 1.11. The second kappa shape index (κ2) is 8.72. The predicted molar refractivity (Wildman–Crippen MR) is 99.0 cm³/mol. The van der Waals surface area contributed by atoms with Crippen LogP contribution in [-0.2, 0) is 11.2 Å². The van der Waals surface area contributed by atoms with Crippen LogP contribution in [0.5, 0.6) is 5.75 Å². The molecule has 0 bridgehead atoms. The van der Waals surface area contributed by atoms with Crippen LogP contribution in [0.1, 0.15) is 21.1 Å². The average molecular weight is 385 g/mol. The molecule has 3 rings (SSSR count). The van der Waals surface area contributed by atoms with E-state index in [4.69, 9.17) is 9.15 Å². The summed E-state index contributed by atoms with van der Waals surface area (Å²) in [6.07, 6.45) is 2.89. The molecule has 0 spiro atoms. The summed E-state index contributed by atoms with van der Waals surface area (Å²) in [5.41, 5.74) is 2.82. The summed E-state index contributed by atoms with van der Waals surface area (Å²) in [6.45, 7) is 0. The monoisotopic (exact) mass is 385 g/mol. The largest absolute Gasteiger partial charge is 0.497 e. The average Bonchev–Trinajstić information content (AvgIpc) is 3.34. The van der Waals surface area contributed by atoms with Crippen LogP contribution in [0.25, 0.3) is 0 Å². The van der Waals surface area contributed by atoms with Gasteiger partial charge in [-0.2, -0.15) is 5.10 Å². The van der Waals surface area contributed by atoms with Crippen LogP contribution < -0.4 is 15.5 Å². The van der Waals surface area contributed by atoms with Crippen LogP contribution in [0, 0.1) is 0 Å². The van der Waals surface area contributed by atoms with Crippen molar-refractivity contribution in [2.45, 2.75) is 6.42 Å². The summed E-state index contributed by atoms with van der Waals surface area (Å²) in [7, 11) is 1.55. The summed E-state index contributed by atoms with van der Waals surface area (Å²) in [5, 5.41) is 14.9. The highest BCUT2D eigenvalue weighted by Crippen LogP contribution is 2.18. The minimum Gasteiger partial charge on any atom is -0.497 e. The minimum absolute atomic E-state index is 0.00837. The van der Waals surface area contributed by atoms with E-state index in [2.05, 4.69) is 26.0 Å². The number of ether oxygens (including phenoxy) is 1. The fraction of sp³-hybridized carbons (Fsp3) is 0.118. The van der Waals surface area contributed by atoms with Gasteiger partial charge in [0, 0.05) is 5.56 Å². The van der Waals surface area contributed by atoms with Gasteiger partial charge in [-0.25, -0.2) is 5.43 Å². The van der Waals surface area contributed by atoms with Crippen LogP contribution in [0.4, 0.5) is 5.13 Å². The highest BCUT2D eigenvalue weighted by molar-refractivity contribution is 7.15. The Hall–Kier alpha value is -3.53. The summed E-state index contributed by atoms with van der Waals surface area (Å²) < 4.78 is 10.1. The summed E-state index contributed by atoms with van der Waals surface area (Å²) in [5.74, 6) is 0.495. The van der Waals surface area contributed by atoms with Crippen LogP contribution in [0.15, 0.2) is 52.2 Å². The number of aromatic nitrogens is 2. The molecule has 0 atom stereocenters. The van der Waals surface area contributed by atoms with E-state index >= 15 is 0 Å². The molecule has 3 aromatic rings. The molecule has 2 amide bonds. The van der Waals surface area contributed by atoms with Crippen molar-refractivity contribution < 1.29 is 18.7 Å². The third-order valence-corrected chi connectivity index (χ3v) is 4.11. The van der Waals surface area contributed by atoms with Crippen molar-refractivity contribution in [1.82, 2.24) is 15.6 Å². The van der Waals surface area contributed by atoms with Gasteiger partial charge in [-0.15, -0.1) is 10.2 Å². The number of nitrogens with zero attached hydrogens (tertiary/aromatic N) is 3. The maximum atomic E-state index is 12.2. The number of amides is 2. The van der Waals surface area contributed by atoms with Crippen LogP contribution >= 0.6 is 11.3 Å². The molecule has 0 radical (unpaired) electrons. The quantitative estimate of drug-likeness (QED) is 0.475. The number of hydrogen-bond acceptors (Lipinski definition) is 8. The number of hydrazone groups is 1. The molecule has 9 nitrogen and oxygen atoms in total. The number of methoxy groups -OCH3 is 1. The Labute approximate surface area is 158 Å². The minimum atomic E-state index is -0.359. The molecule has 0 aliphatic heterocycles. The first-order chi connectivity index (χ1) is 13.1. The Morgan fingerprint density at radius 3 is 2.78 bits per heavy atom. The van der Waals surface area contributed by atoms with Gasteiger partial charge in [0.1, 0.15) is 16.5 Å². The molecule has 0 saturated heterocycles. The Kier molecular flexibility index (Phi) is 5.90. The molecule has 27 heavy (non-hydrogen) atoms. The van der Waals surface area contributed by atoms with E-state index in [1.54, 1.807) is 43.5 Å². The molecular weight excluding hydrogens is 370 g/mol. The van der Waals surface area contributed by atoms with Crippen molar-refractivity contribution in [2.75, 3.05) is 12.4 Å². The second-order valence-electron chi connectivity index (χ2n) is 5.17. The number of rotatable bonds is 7. The highest BCUT2D eigenvalue weighted by Gasteiger charge is 2.12. The van der Waals surface area contributed by atoms with E-state index in [0.29, 0.717) is 27.2 Å². The van der Waals surface area contributed by atoms with Gasteiger partial charge >= 0.3 is 0 Å². The zero-order valence-corrected chi connectivity index (χ0v) is 15.0. The first-order valence-electron chi connectivity index (χ1n) is 7.77. The van der Waals surface area contributed by atoms with Gasteiger partial charge in [-0.3, -0.25) is 14.9 Å². The molecule has 0 aliphatic carbocycles. The fourth-order valence-corrected chi connectivity index (χ4v) is 2.73. The molecule has 2 heterocycles. The van der Waals surface area contributed by atoms with Gasteiger partial charge in [0.15, 0.2) is 0 Å². The van der Waals surface area contributed by atoms with E-state index in [0.717, 1.165) is 11.3 Å². The van der Waals surface area contributed by atoms with Gasteiger partial charge in [-0.05, 0) is 36.4 Å². The molecule has 0 aliphatic rings. The van der Waals surface area contributed by atoms with Crippen molar-refractivity contribution in [3.8, 4) is 5.75 Å². The van der Waals surface area contributed by atoms with Gasteiger partial charge in [0.25, 0.3) is 5.91 Å². The maximum absolute atomic E-state index is 12.2. The van der Waals surface area contributed by atoms with E-state index in [9.17, 15) is 9.59 Å². The summed E-state index contributed by atoms with van der Waals surface area (Å²) in [6, 6.07) is 10.1. The van der Waals surface area contributed by atoms with Gasteiger partial charge in [0.2, 0.25) is 11.0 Å². The third-order valence-electron chi connectivity index (χ3n) is 3.28. The molecule has 0 unspecified atom stereocenters. The molecular formula is C17H15N5O4S. The van der Waals surface area contributed by atoms with Gasteiger partial charge in [-0.1, -0.05) is 11.3 Å². The van der Waals surface area contributed by atoms with Crippen LogP contribution in [0.2, 0.25) is 0 Å². The number of carbonyl (C=O) groups is 2. The Balaban J connectivity index is 1.51. The normalized spacial score (nSPS) is 10.7. The molecule has 0 saturated carbocycles. The Bertz CT molecular complexity index is 935. The fourth-order valence-electron chi connectivity index (χ4n) is 2.00. The number of furan rings is 1. The lowest BCUT2D eigenvalue weighted by molar-refractivity contribution is -0.120. The molecule has 0 fully saturated rings. The number of benzene rings is 1. The number of hydrogen-bond donors (Lipinski definition) is 2. The van der Waals surface area contributed by atoms with Crippen LogP contribution in [-0.4, -0.2) is 35.3 Å². The van der Waals surface area contributed by atoms with Crippen molar-refractivity contribution in [3.05, 3.63) is 59.0 Å². The highest BCUT2D eigenvalue weighted by atomic mass is 32.1. The van der Waals surface area contributed by atoms with Crippen molar-refractivity contribution >= 4 is 34.5 Å². The summed E-state index contributed by atoms with van der Waals surface area (Å²) in [4.78, 5) is 24.0.